The van der Waals surface area contributed by atoms with Crippen LogP contribution < -0.4 is 0 Å². The second-order valence-corrected chi connectivity index (χ2v) is 5.19. The van der Waals surface area contributed by atoms with Crippen molar-refractivity contribution in [3.05, 3.63) is 59.0 Å². The molecule has 0 saturated heterocycles. The van der Waals surface area contributed by atoms with Gasteiger partial charge in [0.2, 0.25) is 0 Å². The van der Waals surface area contributed by atoms with Crippen LogP contribution in [-0.4, -0.2) is 22.5 Å². The molecule has 1 aromatic carbocycles. The minimum absolute atomic E-state index is 0.383. The Morgan fingerprint density at radius 2 is 2.10 bits per heavy atom. The lowest BCUT2D eigenvalue weighted by molar-refractivity contribution is 0.0600. The summed E-state index contributed by atoms with van der Waals surface area (Å²) in [5.74, 6) is -0.383. The number of hydrogen-bond acceptors (Lipinski definition) is 3. The van der Waals surface area contributed by atoms with Crippen LogP contribution in [0.25, 0.3) is 16.8 Å². The number of nitrogens with zero attached hydrogens (tertiary/aromatic N) is 2. The van der Waals surface area contributed by atoms with Gasteiger partial charge in [-0.3, -0.25) is 0 Å². The van der Waals surface area contributed by atoms with Gasteiger partial charge in [0.05, 0.1) is 18.4 Å². The highest BCUT2D eigenvalue weighted by Gasteiger charge is 2.14. The molecular weight excluding hydrogens is 288 g/mol. The van der Waals surface area contributed by atoms with Gasteiger partial charge in [-0.05, 0) is 30.7 Å². The van der Waals surface area contributed by atoms with E-state index in [-0.39, 0.29) is 5.97 Å². The highest BCUT2D eigenvalue weighted by atomic mass is 35.5. The van der Waals surface area contributed by atoms with Gasteiger partial charge in [0.25, 0.3) is 0 Å². The van der Waals surface area contributed by atoms with E-state index in [9.17, 15) is 4.79 Å². The van der Waals surface area contributed by atoms with Gasteiger partial charge in [-0.15, -0.1) is 0 Å². The Bertz CT molecular complexity index is 839. The number of esters is 1. The van der Waals surface area contributed by atoms with Gasteiger partial charge in [-0.1, -0.05) is 23.7 Å². The molecule has 4 nitrogen and oxygen atoms in total. The Morgan fingerprint density at radius 1 is 1.29 bits per heavy atom. The van der Waals surface area contributed by atoms with E-state index >= 15 is 0 Å². The third-order valence-electron chi connectivity index (χ3n) is 3.23. The highest BCUT2D eigenvalue weighted by Crippen LogP contribution is 2.28. The lowest BCUT2D eigenvalue weighted by Gasteiger charge is -2.08. The van der Waals surface area contributed by atoms with Gasteiger partial charge in [0, 0.05) is 23.0 Å². The number of aromatic nitrogens is 2. The third kappa shape index (κ3) is 2.50. The summed E-state index contributed by atoms with van der Waals surface area (Å²) in [4.78, 5) is 16.3. The number of aryl methyl sites for hydroxylation is 1. The molecule has 5 heteroatoms. The van der Waals surface area contributed by atoms with Gasteiger partial charge < -0.3 is 9.14 Å². The minimum atomic E-state index is -0.383. The van der Waals surface area contributed by atoms with Crippen LogP contribution in [0.2, 0.25) is 5.02 Å². The molecule has 0 aliphatic heterocycles. The lowest BCUT2D eigenvalue weighted by Crippen LogP contribution is -2.04. The van der Waals surface area contributed by atoms with Crippen LogP contribution in [0.5, 0.6) is 0 Å². The highest BCUT2D eigenvalue weighted by molar-refractivity contribution is 6.30. The fraction of sp³-hybridized carbons (Fsp3) is 0.125. The Morgan fingerprint density at radius 3 is 2.81 bits per heavy atom. The first-order valence-electron chi connectivity index (χ1n) is 6.42. The van der Waals surface area contributed by atoms with E-state index in [0.717, 1.165) is 22.5 Å². The zero-order valence-electron chi connectivity index (χ0n) is 11.6. The second kappa shape index (κ2) is 5.22. The van der Waals surface area contributed by atoms with Crippen molar-refractivity contribution in [3.8, 4) is 11.1 Å². The lowest BCUT2D eigenvalue weighted by atomic mass is 10.1. The molecular formula is C16H13ClN2O2. The third-order valence-corrected chi connectivity index (χ3v) is 3.46. The second-order valence-electron chi connectivity index (χ2n) is 4.76. The van der Waals surface area contributed by atoms with Crippen LogP contribution in [0.1, 0.15) is 16.1 Å². The number of ether oxygens (including phenoxy) is 1. The Kier molecular flexibility index (Phi) is 3.39. The fourth-order valence-electron chi connectivity index (χ4n) is 2.32. The molecule has 0 unspecified atom stereocenters. The molecule has 0 radical (unpaired) electrons. The number of halogens is 1. The van der Waals surface area contributed by atoms with Gasteiger partial charge in [-0.25, -0.2) is 9.78 Å². The summed E-state index contributed by atoms with van der Waals surface area (Å²) in [6.45, 7) is 1.91. The summed E-state index contributed by atoms with van der Waals surface area (Å²) in [6.07, 6.45) is 3.59. The molecule has 21 heavy (non-hydrogen) atoms. The molecule has 0 spiro atoms. The number of carbonyl (C=O) groups is 1. The van der Waals surface area contributed by atoms with E-state index in [1.165, 1.54) is 7.11 Å². The monoisotopic (exact) mass is 300 g/mol. The first kappa shape index (κ1) is 13.6. The van der Waals surface area contributed by atoms with Gasteiger partial charge >= 0.3 is 5.97 Å². The van der Waals surface area contributed by atoms with Crippen molar-refractivity contribution in [2.24, 2.45) is 0 Å². The predicted molar refractivity (Wildman–Crippen MR) is 81.7 cm³/mol. The molecule has 0 fully saturated rings. The number of benzene rings is 1. The van der Waals surface area contributed by atoms with Crippen LogP contribution >= 0.6 is 11.6 Å². The van der Waals surface area contributed by atoms with Gasteiger partial charge in [0.15, 0.2) is 0 Å². The average Bonchev–Trinajstić information content (AvgIpc) is 2.85. The van der Waals surface area contributed by atoms with Crippen molar-refractivity contribution in [1.29, 1.82) is 0 Å². The first-order chi connectivity index (χ1) is 10.1. The zero-order chi connectivity index (χ0) is 15.0. The van der Waals surface area contributed by atoms with E-state index < -0.39 is 0 Å². The standard InChI is InChI=1S/C16H13ClN2O2/c1-10-8-19-9-12(16(20)21-2)7-14(15(19)18-10)11-4-3-5-13(17)6-11/h3-9H,1-2H3. The van der Waals surface area contributed by atoms with E-state index in [4.69, 9.17) is 16.3 Å². The Balaban J connectivity index is 2.31. The summed E-state index contributed by atoms with van der Waals surface area (Å²) in [5.41, 5.74) is 3.87. The number of carbonyl (C=O) groups excluding carboxylic acids is 1. The summed E-state index contributed by atoms with van der Waals surface area (Å²) < 4.78 is 6.64. The smallest absolute Gasteiger partial charge is 0.339 e. The fourth-order valence-corrected chi connectivity index (χ4v) is 2.51. The average molecular weight is 301 g/mol. The van der Waals surface area contributed by atoms with Crippen molar-refractivity contribution in [1.82, 2.24) is 9.38 Å². The normalized spacial score (nSPS) is 10.8. The molecule has 0 aliphatic carbocycles. The van der Waals surface area contributed by atoms with E-state index in [0.29, 0.717) is 10.6 Å². The molecule has 3 aromatic rings. The molecule has 0 saturated carbocycles. The molecule has 106 valence electrons. The molecule has 0 N–H and O–H groups in total. The summed E-state index contributed by atoms with van der Waals surface area (Å²) in [7, 11) is 1.37. The summed E-state index contributed by atoms with van der Waals surface area (Å²) >= 11 is 6.06. The number of rotatable bonds is 2. The zero-order valence-corrected chi connectivity index (χ0v) is 12.4. The maximum absolute atomic E-state index is 11.8. The molecule has 3 rings (SSSR count). The van der Waals surface area contributed by atoms with Crippen molar-refractivity contribution in [3.63, 3.8) is 0 Å². The van der Waals surface area contributed by atoms with E-state index in [1.54, 1.807) is 12.3 Å². The number of imidazole rings is 1. The van der Waals surface area contributed by atoms with Crippen molar-refractivity contribution < 1.29 is 9.53 Å². The predicted octanol–water partition coefficient (Wildman–Crippen LogP) is 3.75. The molecule has 0 amide bonds. The van der Waals surface area contributed by atoms with Crippen LogP contribution in [-0.2, 0) is 4.74 Å². The summed E-state index contributed by atoms with van der Waals surface area (Å²) in [5, 5.41) is 0.636. The SMILES string of the molecule is COC(=O)c1cc(-c2cccc(Cl)c2)c2nc(C)cn2c1. The minimum Gasteiger partial charge on any atom is -0.465 e. The van der Waals surface area contributed by atoms with E-state index in [1.807, 2.05) is 41.8 Å². The molecule has 0 atom stereocenters. The van der Waals surface area contributed by atoms with Crippen LogP contribution in [0.3, 0.4) is 0 Å². The van der Waals surface area contributed by atoms with Crippen molar-refractivity contribution in [2.75, 3.05) is 7.11 Å². The van der Waals surface area contributed by atoms with Crippen molar-refractivity contribution >= 4 is 23.2 Å². The number of pyridine rings is 1. The van der Waals surface area contributed by atoms with E-state index in [2.05, 4.69) is 4.98 Å². The molecule has 0 bridgehead atoms. The number of hydrogen-bond donors (Lipinski definition) is 0. The van der Waals surface area contributed by atoms with Gasteiger partial charge in [0.1, 0.15) is 5.65 Å². The quantitative estimate of drug-likeness (QED) is 0.677. The Labute approximate surface area is 126 Å². The molecule has 2 aromatic heterocycles. The van der Waals surface area contributed by atoms with Crippen LogP contribution in [0.4, 0.5) is 0 Å². The maximum atomic E-state index is 11.8. The largest absolute Gasteiger partial charge is 0.465 e. The van der Waals surface area contributed by atoms with Gasteiger partial charge in [-0.2, -0.15) is 0 Å². The van der Waals surface area contributed by atoms with Crippen LogP contribution in [0.15, 0.2) is 42.7 Å². The maximum Gasteiger partial charge on any atom is 0.339 e. The number of methoxy groups -OCH3 is 1. The first-order valence-corrected chi connectivity index (χ1v) is 6.80. The Hall–Kier alpha value is -2.33. The topological polar surface area (TPSA) is 43.6 Å². The summed E-state index contributed by atoms with van der Waals surface area (Å²) in [6, 6.07) is 9.24. The number of fused-ring (bicyclic) bond motifs is 1. The molecule has 2 heterocycles. The van der Waals surface area contributed by atoms with Crippen LogP contribution in [0, 0.1) is 6.92 Å². The molecule has 0 aliphatic rings. The van der Waals surface area contributed by atoms with Crippen molar-refractivity contribution in [2.45, 2.75) is 6.92 Å².